The second kappa shape index (κ2) is 9.32. The first kappa shape index (κ1) is 21.7. The zero-order valence-electron chi connectivity index (χ0n) is 18.0. The molecule has 2 aliphatic rings. The Morgan fingerprint density at radius 3 is 2.53 bits per heavy atom. The topological polar surface area (TPSA) is 94.5 Å². The predicted octanol–water partition coefficient (Wildman–Crippen LogP) is 2.84. The molecule has 1 fully saturated rings. The van der Waals surface area contributed by atoms with Crippen molar-refractivity contribution in [3.63, 3.8) is 0 Å². The minimum atomic E-state index is -0.584. The third-order valence-corrected chi connectivity index (χ3v) is 5.66. The van der Waals surface area contributed by atoms with Gasteiger partial charge >= 0.3 is 5.97 Å². The van der Waals surface area contributed by atoms with E-state index in [0.29, 0.717) is 43.2 Å². The summed E-state index contributed by atoms with van der Waals surface area (Å²) in [5.41, 5.74) is 1.47. The van der Waals surface area contributed by atoms with Gasteiger partial charge in [-0.05, 0) is 29.8 Å². The van der Waals surface area contributed by atoms with Crippen molar-refractivity contribution < 1.29 is 33.6 Å². The van der Waals surface area contributed by atoms with Gasteiger partial charge in [-0.2, -0.15) is 0 Å². The van der Waals surface area contributed by atoms with Crippen molar-refractivity contribution in [2.75, 3.05) is 40.5 Å². The lowest BCUT2D eigenvalue weighted by Crippen LogP contribution is -2.32. The lowest BCUT2D eigenvalue weighted by Gasteiger charge is -2.25. The summed E-state index contributed by atoms with van der Waals surface area (Å²) in [5.74, 6) is -0.252. The summed E-state index contributed by atoms with van der Waals surface area (Å²) in [6.45, 7) is 2.47. The molecular weight excluding hydrogens is 414 g/mol. The molecule has 2 aromatic carbocycles. The Kier molecular flexibility index (Phi) is 6.32. The molecule has 4 rings (SSSR count). The maximum absolute atomic E-state index is 13.0. The summed E-state index contributed by atoms with van der Waals surface area (Å²) in [5, 5.41) is 10.8. The van der Waals surface area contributed by atoms with Crippen molar-refractivity contribution >= 4 is 11.8 Å². The van der Waals surface area contributed by atoms with Gasteiger partial charge < -0.3 is 29.0 Å². The van der Waals surface area contributed by atoms with Crippen LogP contribution in [0.4, 0.5) is 0 Å². The first-order chi connectivity index (χ1) is 15.5. The lowest BCUT2D eigenvalue weighted by molar-refractivity contribution is -0.140. The molecule has 0 radical (unpaired) electrons. The average molecular weight is 439 g/mol. The first-order valence-electron chi connectivity index (χ1n) is 10.3. The quantitative estimate of drug-likeness (QED) is 0.543. The minimum absolute atomic E-state index is 0.0348. The number of Topliss-reactive ketones (excluding diaryl/α,β-unsaturated/α-hetero) is 1. The molecule has 2 heterocycles. The van der Waals surface area contributed by atoms with E-state index in [1.54, 1.807) is 31.5 Å². The number of ketones is 1. The zero-order valence-corrected chi connectivity index (χ0v) is 18.0. The van der Waals surface area contributed by atoms with Crippen LogP contribution in [0.25, 0.3) is 0 Å². The van der Waals surface area contributed by atoms with E-state index in [-0.39, 0.29) is 29.5 Å². The number of carbonyl (C=O) groups excluding carboxylic acids is 2. The predicted molar refractivity (Wildman–Crippen MR) is 115 cm³/mol. The van der Waals surface area contributed by atoms with E-state index < -0.39 is 11.9 Å². The second-order valence-electron chi connectivity index (χ2n) is 7.55. The van der Waals surface area contributed by atoms with Crippen molar-refractivity contribution in [3.8, 4) is 17.2 Å². The maximum atomic E-state index is 13.0. The van der Waals surface area contributed by atoms with E-state index in [2.05, 4.69) is 0 Å². The van der Waals surface area contributed by atoms with Crippen molar-refractivity contribution in [1.29, 1.82) is 0 Å². The first-order valence-corrected chi connectivity index (χ1v) is 10.3. The summed E-state index contributed by atoms with van der Waals surface area (Å²) in [4.78, 5) is 27.2. The molecule has 0 bridgehead atoms. The van der Waals surface area contributed by atoms with Gasteiger partial charge in [-0.1, -0.05) is 12.1 Å². The van der Waals surface area contributed by atoms with E-state index >= 15 is 0 Å². The molecule has 0 saturated carbocycles. The van der Waals surface area contributed by atoms with E-state index in [1.807, 2.05) is 17.0 Å². The Bertz CT molecular complexity index is 1040. The number of hydrogen-bond donors (Lipinski definition) is 1. The number of esters is 1. The number of benzene rings is 2. The van der Waals surface area contributed by atoms with Gasteiger partial charge in [0.2, 0.25) is 5.78 Å². The summed E-state index contributed by atoms with van der Waals surface area (Å²) < 4.78 is 21.4. The van der Waals surface area contributed by atoms with Crippen LogP contribution in [0.2, 0.25) is 0 Å². The van der Waals surface area contributed by atoms with Gasteiger partial charge in [0, 0.05) is 30.8 Å². The summed E-state index contributed by atoms with van der Waals surface area (Å²) in [7, 11) is 2.88. The van der Waals surface area contributed by atoms with Gasteiger partial charge in [0.05, 0.1) is 39.4 Å². The number of morpholine rings is 1. The highest BCUT2D eigenvalue weighted by molar-refractivity contribution is 6.12. The smallest absolute Gasteiger partial charge is 0.306 e. The van der Waals surface area contributed by atoms with Crippen LogP contribution in [0, 0.1) is 0 Å². The molecule has 2 aliphatic heterocycles. The fourth-order valence-electron chi connectivity index (χ4n) is 3.93. The molecule has 0 spiro atoms. The number of rotatable bonds is 6. The molecule has 1 unspecified atom stereocenters. The van der Waals surface area contributed by atoms with Crippen molar-refractivity contribution in [2.24, 2.45) is 0 Å². The van der Waals surface area contributed by atoms with Crippen LogP contribution >= 0.6 is 0 Å². The van der Waals surface area contributed by atoms with E-state index in [1.165, 1.54) is 13.2 Å². The Hall–Kier alpha value is -3.52. The lowest BCUT2D eigenvalue weighted by atomic mass is 9.86. The highest BCUT2D eigenvalue weighted by Crippen LogP contribution is 2.46. The van der Waals surface area contributed by atoms with Crippen LogP contribution in [0.15, 0.2) is 48.4 Å². The Labute approximate surface area is 185 Å². The Morgan fingerprint density at radius 2 is 1.88 bits per heavy atom. The number of phenols is 1. The van der Waals surface area contributed by atoms with Crippen LogP contribution in [0.1, 0.15) is 33.8 Å². The number of fused-ring (bicyclic) bond motifs is 1. The van der Waals surface area contributed by atoms with Gasteiger partial charge in [-0.15, -0.1) is 0 Å². The van der Waals surface area contributed by atoms with E-state index in [0.717, 1.165) is 5.56 Å². The zero-order chi connectivity index (χ0) is 22.7. The number of phenolic OH excluding ortho intramolecular Hbond substituents is 1. The number of hydrogen-bond acceptors (Lipinski definition) is 8. The van der Waals surface area contributed by atoms with Gasteiger partial charge in [0.25, 0.3) is 0 Å². The van der Waals surface area contributed by atoms with Crippen LogP contribution in [0.3, 0.4) is 0 Å². The molecule has 2 aromatic rings. The molecule has 1 atom stereocenters. The third kappa shape index (κ3) is 4.27. The number of allylic oxidation sites excluding steroid dienone is 1. The maximum Gasteiger partial charge on any atom is 0.306 e. The monoisotopic (exact) mass is 439 g/mol. The highest BCUT2D eigenvalue weighted by atomic mass is 16.5. The number of ether oxygens (including phenoxy) is 4. The van der Waals surface area contributed by atoms with Crippen molar-refractivity contribution in [1.82, 2.24) is 4.90 Å². The summed E-state index contributed by atoms with van der Waals surface area (Å²) in [6.07, 6.45) is 1.65. The molecule has 32 heavy (non-hydrogen) atoms. The molecule has 8 heteroatoms. The second-order valence-corrected chi connectivity index (χ2v) is 7.55. The van der Waals surface area contributed by atoms with Crippen LogP contribution in [0.5, 0.6) is 17.2 Å². The average Bonchev–Trinajstić information content (AvgIpc) is 3.13. The molecule has 1 N–H and O–H groups in total. The molecular formula is C24H25NO7. The third-order valence-electron chi connectivity index (χ3n) is 5.66. The van der Waals surface area contributed by atoms with Crippen LogP contribution in [-0.4, -0.2) is 62.3 Å². The van der Waals surface area contributed by atoms with E-state index in [9.17, 15) is 14.7 Å². The molecule has 1 saturated heterocycles. The fraction of sp³-hybridized carbons (Fsp3) is 0.333. The molecule has 0 amide bonds. The number of carbonyl (C=O) groups is 2. The summed E-state index contributed by atoms with van der Waals surface area (Å²) in [6, 6.07) is 10.2. The van der Waals surface area contributed by atoms with Gasteiger partial charge in [-0.3, -0.25) is 9.59 Å². The molecule has 168 valence electrons. The van der Waals surface area contributed by atoms with Crippen LogP contribution in [-0.2, 0) is 14.3 Å². The summed E-state index contributed by atoms with van der Waals surface area (Å²) >= 11 is 0. The number of nitrogens with zero attached hydrogens (tertiary/aromatic N) is 1. The Morgan fingerprint density at radius 1 is 1.16 bits per heavy atom. The minimum Gasteiger partial charge on any atom is -0.508 e. The fourth-order valence-corrected chi connectivity index (χ4v) is 3.93. The SMILES string of the molecule is COC(=O)CC(c1ccc(OC)cc1)c1c(O)ccc2c1OC(=CN1CCOCC1)C2=O. The molecule has 0 aliphatic carbocycles. The normalized spacial score (nSPS) is 17.6. The van der Waals surface area contributed by atoms with E-state index in [4.69, 9.17) is 18.9 Å². The molecule has 8 nitrogen and oxygen atoms in total. The molecule has 0 aromatic heterocycles. The van der Waals surface area contributed by atoms with Gasteiger partial charge in [0.1, 0.15) is 17.2 Å². The van der Waals surface area contributed by atoms with Gasteiger partial charge in [0.15, 0.2) is 5.76 Å². The number of aromatic hydroxyl groups is 1. The van der Waals surface area contributed by atoms with Crippen molar-refractivity contribution in [2.45, 2.75) is 12.3 Å². The standard InChI is InChI=1S/C24H25NO7/c1-29-16-5-3-15(4-6-16)18(13-21(27)30-2)22-19(26)8-7-17-23(28)20(32-24(17)22)14-25-9-11-31-12-10-25/h3-8,14,18,26H,9-13H2,1-2H3. The van der Waals surface area contributed by atoms with Crippen LogP contribution < -0.4 is 9.47 Å². The Balaban J connectivity index is 1.75. The highest BCUT2D eigenvalue weighted by Gasteiger charge is 2.35. The largest absolute Gasteiger partial charge is 0.508 e. The number of methoxy groups -OCH3 is 2. The van der Waals surface area contributed by atoms with Crippen molar-refractivity contribution in [3.05, 3.63) is 65.0 Å². The van der Waals surface area contributed by atoms with Gasteiger partial charge in [-0.25, -0.2) is 0 Å².